The summed E-state index contributed by atoms with van der Waals surface area (Å²) < 4.78 is 38.2. The van der Waals surface area contributed by atoms with Crippen molar-refractivity contribution in [3.63, 3.8) is 0 Å². The molecule has 4 aromatic rings. The van der Waals surface area contributed by atoms with E-state index in [0.29, 0.717) is 33.0 Å². The van der Waals surface area contributed by atoms with Crippen LogP contribution >= 0.6 is 0 Å². The first-order chi connectivity index (χ1) is 20.3. The Morgan fingerprint density at radius 1 is 0.488 bits per heavy atom. The summed E-state index contributed by atoms with van der Waals surface area (Å²) in [7, 11) is 1.63. The van der Waals surface area contributed by atoms with Gasteiger partial charge in [0.2, 0.25) is 0 Å². The fourth-order valence-corrected chi connectivity index (χ4v) is 4.94. The fourth-order valence-electron chi connectivity index (χ4n) is 4.94. The largest absolute Gasteiger partial charge is 0.374 e. The van der Waals surface area contributed by atoms with Crippen molar-refractivity contribution in [2.75, 3.05) is 13.7 Å². The smallest absolute Gasteiger partial charge is 0.186 e. The Bertz CT molecular complexity index is 1260. The van der Waals surface area contributed by atoms with Crippen molar-refractivity contribution in [2.45, 2.75) is 57.1 Å². The second-order valence-corrected chi connectivity index (χ2v) is 10.1. The van der Waals surface area contributed by atoms with Gasteiger partial charge in [-0.2, -0.15) is 0 Å². The molecule has 0 radical (unpaired) electrons. The van der Waals surface area contributed by atoms with Gasteiger partial charge in [-0.3, -0.25) is 0 Å². The minimum atomic E-state index is -0.665. The molecule has 5 atom stereocenters. The van der Waals surface area contributed by atoms with Crippen molar-refractivity contribution >= 4 is 0 Å². The Morgan fingerprint density at radius 2 is 0.878 bits per heavy atom. The normalized spacial score (nSPS) is 22.4. The van der Waals surface area contributed by atoms with Gasteiger partial charge < -0.3 is 28.4 Å². The summed E-state index contributed by atoms with van der Waals surface area (Å²) in [4.78, 5) is 0. The van der Waals surface area contributed by atoms with E-state index >= 15 is 0 Å². The van der Waals surface area contributed by atoms with E-state index in [9.17, 15) is 0 Å². The molecule has 5 rings (SSSR count). The van der Waals surface area contributed by atoms with Crippen molar-refractivity contribution < 1.29 is 28.4 Å². The number of hydrogen-bond acceptors (Lipinski definition) is 6. The molecule has 41 heavy (non-hydrogen) atoms. The third kappa shape index (κ3) is 8.57. The van der Waals surface area contributed by atoms with Gasteiger partial charge in [-0.25, -0.2) is 0 Å². The van der Waals surface area contributed by atoms with Crippen molar-refractivity contribution in [3.8, 4) is 0 Å². The molecular formula is C35H38O6. The van der Waals surface area contributed by atoms with Gasteiger partial charge in [0.25, 0.3) is 0 Å². The summed E-state index contributed by atoms with van der Waals surface area (Å²) in [6.45, 7) is 1.97. The van der Waals surface area contributed by atoms with Gasteiger partial charge in [0.05, 0.1) is 33.0 Å². The predicted molar refractivity (Wildman–Crippen MR) is 157 cm³/mol. The summed E-state index contributed by atoms with van der Waals surface area (Å²) >= 11 is 0. The van der Waals surface area contributed by atoms with Gasteiger partial charge in [0.1, 0.15) is 24.4 Å². The van der Waals surface area contributed by atoms with E-state index in [1.165, 1.54) is 0 Å². The zero-order valence-corrected chi connectivity index (χ0v) is 23.4. The van der Waals surface area contributed by atoms with Crippen LogP contribution in [0.3, 0.4) is 0 Å². The van der Waals surface area contributed by atoms with E-state index in [2.05, 4.69) is 0 Å². The SMILES string of the molecule is CO[C@@H]1O[C@H](COCc2ccccc2)[C@H](OCc2ccccc2)[C@@H](OCc2ccccc2)[C@H]1OCc1ccccc1. The van der Waals surface area contributed by atoms with Gasteiger partial charge in [-0.05, 0) is 22.3 Å². The number of hydrogen-bond donors (Lipinski definition) is 0. The molecule has 1 fully saturated rings. The Labute approximate surface area is 242 Å². The van der Waals surface area contributed by atoms with Crippen LogP contribution in [0.1, 0.15) is 22.3 Å². The summed E-state index contributed by atoms with van der Waals surface area (Å²) in [6.07, 6.45) is -2.59. The van der Waals surface area contributed by atoms with Gasteiger partial charge in [0, 0.05) is 7.11 Å². The quantitative estimate of drug-likeness (QED) is 0.182. The maximum atomic E-state index is 6.63. The topological polar surface area (TPSA) is 55.4 Å². The molecule has 1 saturated heterocycles. The van der Waals surface area contributed by atoms with E-state index in [-0.39, 0.29) is 0 Å². The third-order valence-electron chi connectivity index (χ3n) is 7.07. The molecule has 0 N–H and O–H groups in total. The van der Waals surface area contributed by atoms with Crippen molar-refractivity contribution in [1.82, 2.24) is 0 Å². The highest BCUT2D eigenvalue weighted by Crippen LogP contribution is 2.31. The first-order valence-electron chi connectivity index (χ1n) is 14.1. The molecular weight excluding hydrogens is 516 g/mol. The van der Waals surface area contributed by atoms with Crippen LogP contribution in [0.5, 0.6) is 0 Å². The number of rotatable bonds is 14. The maximum absolute atomic E-state index is 6.63. The zero-order chi connectivity index (χ0) is 28.1. The third-order valence-corrected chi connectivity index (χ3v) is 7.07. The van der Waals surface area contributed by atoms with Gasteiger partial charge >= 0.3 is 0 Å². The first kappa shape index (κ1) is 29.1. The molecule has 6 heteroatoms. The highest BCUT2D eigenvalue weighted by molar-refractivity contribution is 5.16. The summed E-state index contributed by atoms with van der Waals surface area (Å²) in [5.41, 5.74) is 4.27. The van der Waals surface area contributed by atoms with E-state index in [1.54, 1.807) is 7.11 Å². The second kappa shape index (κ2) is 15.6. The van der Waals surface area contributed by atoms with Crippen LogP contribution in [0.25, 0.3) is 0 Å². The minimum absolute atomic E-state index is 0.310. The fraction of sp³-hybridized carbons (Fsp3) is 0.314. The molecule has 4 aromatic carbocycles. The Balaban J connectivity index is 1.38. The van der Waals surface area contributed by atoms with Crippen molar-refractivity contribution in [2.24, 2.45) is 0 Å². The molecule has 6 nitrogen and oxygen atoms in total. The number of methoxy groups -OCH3 is 1. The minimum Gasteiger partial charge on any atom is -0.374 e. The molecule has 1 aliphatic heterocycles. The van der Waals surface area contributed by atoms with Gasteiger partial charge in [-0.15, -0.1) is 0 Å². The van der Waals surface area contributed by atoms with Crippen LogP contribution < -0.4 is 0 Å². The number of ether oxygens (including phenoxy) is 6. The average molecular weight is 555 g/mol. The number of benzene rings is 4. The molecule has 1 aliphatic rings. The molecule has 0 saturated carbocycles. The van der Waals surface area contributed by atoms with Gasteiger partial charge in [-0.1, -0.05) is 121 Å². The lowest BCUT2D eigenvalue weighted by Gasteiger charge is -2.45. The second-order valence-electron chi connectivity index (χ2n) is 10.1. The molecule has 1 heterocycles. The Morgan fingerprint density at radius 3 is 1.32 bits per heavy atom. The van der Waals surface area contributed by atoms with Crippen LogP contribution in [0.4, 0.5) is 0 Å². The molecule has 0 aromatic heterocycles. The Hall–Kier alpha value is -3.36. The first-order valence-corrected chi connectivity index (χ1v) is 14.1. The lowest BCUT2D eigenvalue weighted by molar-refractivity contribution is -0.323. The van der Waals surface area contributed by atoms with Crippen LogP contribution in [-0.2, 0) is 54.8 Å². The molecule has 0 aliphatic carbocycles. The van der Waals surface area contributed by atoms with Crippen molar-refractivity contribution in [3.05, 3.63) is 144 Å². The van der Waals surface area contributed by atoms with E-state index < -0.39 is 30.7 Å². The van der Waals surface area contributed by atoms with Crippen LogP contribution in [0, 0.1) is 0 Å². The average Bonchev–Trinajstić information content (AvgIpc) is 3.04. The summed E-state index contributed by atoms with van der Waals surface area (Å²) in [6, 6.07) is 40.4. The molecule has 0 spiro atoms. The maximum Gasteiger partial charge on any atom is 0.186 e. The van der Waals surface area contributed by atoms with E-state index in [4.69, 9.17) is 28.4 Å². The summed E-state index contributed by atoms with van der Waals surface area (Å²) in [5, 5.41) is 0. The van der Waals surface area contributed by atoms with E-state index in [1.807, 2.05) is 121 Å². The highest BCUT2D eigenvalue weighted by atomic mass is 16.7. The van der Waals surface area contributed by atoms with Crippen LogP contribution in [-0.4, -0.2) is 44.4 Å². The standard InChI is InChI=1S/C35H38O6/c1-36-35-34(40-25-30-20-12-5-13-21-30)33(39-24-29-18-10-4-11-19-29)32(38-23-28-16-8-3-9-17-28)31(41-35)26-37-22-27-14-6-2-7-15-27/h2-21,31-35H,22-26H2,1H3/t31-,32+,33-,34-,35-/m1/s1. The van der Waals surface area contributed by atoms with E-state index in [0.717, 1.165) is 22.3 Å². The van der Waals surface area contributed by atoms with Crippen LogP contribution in [0.15, 0.2) is 121 Å². The van der Waals surface area contributed by atoms with Crippen molar-refractivity contribution in [1.29, 1.82) is 0 Å². The summed E-state index contributed by atoms with van der Waals surface area (Å²) in [5.74, 6) is 0. The predicted octanol–water partition coefficient (Wildman–Crippen LogP) is 6.33. The Kier molecular flexibility index (Phi) is 11.1. The molecule has 214 valence electrons. The molecule has 0 bridgehead atoms. The lowest BCUT2D eigenvalue weighted by Crippen LogP contribution is -2.61. The molecule has 0 unspecified atom stereocenters. The van der Waals surface area contributed by atoms with Gasteiger partial charge in [0.15, 0.2) is 6.29 Å². The highest BCUT2D eigenvalue weighted by Gasteiger charge is 2.48. The van der Waals surface area contributed by atoms with Crippen LogP contribution in [0.2, 0.25) is 0 Å². The zero-order valence-electron chi connectivity index (χ0n) is 23.4. The molecule has 0 amide bonds. The lowest BCUT2D eigenvalue weighted by atomic mass is 9.97. The monoisotopic (exact) mass is 554 g/mol.